The van der Waals surface area contributed by atoms with Crippen LogP contribution in [0.3, 0.4) is 0 Å². The summed E-state index contributed by atoms with van der Waals surface area (Å²) in [4.78, 5) is 25.6. The molecule has 1 aromatic heterocycles. The van der Waals surface area contributed by atoms with Gasteiger partial charge in [0.05, 0.1) is 12.3 Å². The second-order valence-electron chi connectivity index (χ2n) is 12.6. The molecule has 226 valence electrons. The number of aryl methyl sites for hydroxylation is 1. The lowest BCUT2D eigenvalue weighted by Crippen LogP contribution is -2.45. The SMILES string of the molecule is CC[C@@H](C)CCC[C@H](NC(=O)OC(C)(C)C)C(=O)Nc1ccc(-c2c(C)nn(COCCS(C)(C)C)c2C)cc1. The first-order valence-electron chi connectivity index (χ1n) is 14.3. The van der Waals surface area contributed by atoms with Crippen molar-refractivity contribution < 1.29 is 19.1 Å². The van der Waals surface area contributed by atoms with Crippen molar-refractivity contribution in [2.24, 2.45) is 5.92 Å². The van der Waals surface area contributed by atoms with E-state index in [2.05, 4.69) is 50.2 Å². The Hall–Kier alpha value is -2.52. The molecule has 2 atom stereocenters. The predicted molar refractivity (Wildman–Crippen MR) is 168 cm³/mol. The minimum atomic E-state index is -0.679. The van der Waals surface area contributed by atoms with Gasteiger partial charge in [-0.3, -0.25) is 4.79 Å². The highest BCUT2D eigenvalue weighted by Gasteiger charge is 2.24. The van der Waals surface area contributed by atoms with Crippen molar-refractivity contribution in [3.63, 3.8) is 0 Å². The second-order valence-corrected chi connectivity index (χ2v) is 17.2. The molecule has 9 heteroatoms. The van der Waals surface area contributed by atoms with Crippen molar-refractivity contribution in [2.75, 3.05) is 36.4 Å². The summed E-state index contributed by atoms with van der Waals surface area (Å²) >= 11 is 0. The quantitative estimate of drug-likeness (QED) is 0.239. The number of aromatic nitrogens is 2. The molecule has 1 aromatic carbocycles. The number of hydrogen-bond donors (Lipinski definition) is 2. The molecule has 0 unspecified atom stereocenters. The molecule has 0 fully saturated rings. The molecule has 0 spiro atoms. The van der Waals surface area contributed by atoms with Crippen LogP contribution in [0.15, 0.2) is 24.3 Å². The lowest BCUT2D eigenvalue weighted by Gasteiger charge is -2.24. The summed E-state index contributed by atoms with van der Waals surface area (Å²) in [6, 6.07) is 7.06. The van der Waals surface area contributed by atoms with Crippen molar-refractivity contribution >= 4 is 27.7 Å². The maximum Gasteiger partial charge on any atom is 0.408 e. The molecule has 0 saturated carbocycles. The molecule has 0 radical (unpaired) electrons. The fourth-order valence-electron chi connectivity index (χ4n) is 4.24. The van der Waals surface area contributed by atoms with Gasteiger partial charge in [0.15, 0.2) is 0 Å². The third kappa shape index (κ3) is 11.5. The molecule has 1 heterocycles. The molecule has 2 amide bonds. The molecule has 0 aliphatic heterocycles. The van der Waals surface area contributed by atoms with E-state index >= 15 is 0 Å². The van der Waals surface area contributed by atoms with Crippen LogP contribution in [-0.2, 0) is 21.0 Å². The highest BCUT2D eigenvalue weighted by Crippen LogP contribution is 2.33. The van der Waals surface area contributed by atoms with Crippen LogP contribution in [-0.4, -0.2) is 64.6 Å². The summed E-state index contributed by atoms with van der Waals surface area (Å²) in [5.41, 5.74) is 4.10. The highest BCUT2D eigenvalue weighted by atomic mass is 32.3. The molecule has 2 N–H and O–H groups in total. The Morgan fingerprint density at radius 1 is 1.07 bits per heavy atom. The maximum atomic E-state index is 13.2. The van der Waals surface area contributed by atoms with Crippen molar-refractivity contribution in [3.05, 3.63) is 35.7 Å². The number of alkyl carbamates (subject to hydrolysis) is 1. The fraction of sp³-hybridized carbons (Fsp3) is 0.645. The first-order valence-corrected chi connectivity index (χ1v) is 17.3. The van der Waals surface area contributed by atoms with Crippen molar-refractivity contribution in [1.82, 2.24) is 15.1 Å². The standard InChI is InChI=1S/C31H52N4O4S/c1-11-22(2)13-12-14-27(33-30(37)39-31(5,6)7)29(36)32-26-17-15-25(16-18-26)28-23(3)34-35(24(28)4)21-38-19-20-40(8,9)10/h15-18,22,27H,11-14,19-21H2,1-10H3,(H,32,36)(H,33,37)/t22-,27+/m1/s1. The molecule has 0 bridgehead atoms. The van der Waals surface area contributed by atoms with Crippen molar-refractivity contribution in [1.29, 1.82) is 0 Å². The van der Waals surface area contributed by atoms with Crippen LogP contribution in [0.4, 0.5) is 10.5 Å². The van der Waals surface area contributed by atoms with E-state index in [-0.39, 0.29) is 5.91 Å². The Morgan fingerprint density at radius 3 is 2.30 bits per heavy atom. The van der Waals surface area contributed by atoms with Crippen LogP contribution in [0.2, 0.25) is 0 Å². The smallest absolute Gasteiger partial charge is 0.408 e. The van der Waals surface area contributed by atoms with Gasteiger partial charge in [0.25, 0.3) is 0 Å². The fourth-order valence-corrected chi connectivity index (χ4v) is 4.86. The minimum absolute atomic E-state index is 0.253. The largest absolute Gasteiger partial charge is 0.444 e. The third-order valence-corrected chi connectivity index (χ3v) is 8.16. The zero-order valence-electron chi connectivity index (χ0n) is 26.3. The zero-order chi connectivity index (χ0) is 30.1. The van der Waals surface area contributed by atoms with Gasteiger partial charge in [0.2, 0.25) is 5.91 Å². The van der Waals surface area contributed by atoms with Gasteiger partial charge in [-0.15, -0.1) is 0 Å². The number of benzene rings is 1. The molecule has 0 aliphatic rings. The number of nitrogens with zero attached hydrogens (tertiary/aromatic N) is 2. The van der Waals surface area contributed by atoms with Crippen LogP contribution in [0.1, 0.15) is 71.7 Å². The van der Waals surface area contributed by atoms with Gasteiger partial charge < -0.3 is 20.1 Å². The van der Waals surface area contributed by atoms with Crippen molar-refractivity contribution in [3.8, 4) is 11.1 Å². The van der Waals surface area contributed by atoms with Gasteiger partial charge >= 0.3 is 6.09 Å². The predicted octanol–water partition coefficient (Wildman–Crippen LogP) is 6.88. The Bertz CT molecular complexity index is 1100. The number of carbonyl (C=O) groups excluding carboxylic acids is 2. The molecule has 2 aromatic rings. The Labute approximate surface area is 243 Å². The number of ether oxygens (including phenoxy) is 2. The van der Waals surface area contributed by atoms with Gasteiger partial charge in [-0.05, 0) is 83.4 Å². The monoisotopic (exact) mass is 576 g/mol. The van der Waals surface area contributed by atoms with E-state index in [0.717, 1.165) is 54.1 Å². The van der Waals surface area contributed by atoms with Crippen LogP contribution >= 0.6 is 10.0 Å². The highest BCUT2D eigenvalue weighted by molar-refractivity contribution is 8.32. The van der Waals surface area contributed by atoms with Crippen LogP contribution < -0.4 is 10.6 Å². The first-order chi connectivity index (χ1) is 18.6. The van der Waals surface area contributed by atoms with Gasteiger partial charge in [0.1, 0.15) is 18.4 Å². The Balaban J connectivity index is 2.08. The Kier molecular flexibility index (Phi) is 12.6. The number of nitrogens with one attached hydrogen (secondary N) is 2. The number of anilines is 1. The number of carbonyl (C=O) groups is 2. The molecule has 8 nitrogen and oxygen atoms in total. The van der Waals surface area contributed by atoms with E-state index < -0.39 is 27.8 Å². The van der Waals surface area contributed by atoms with Gasteiger partial charge in [-0.2, -0.15) is 5.10 Å². The van der Waals surface area contributed by atoms with Crippen LogP contribution in [0.25, 0.3) is 11.1 Å². The number of hydrogen-bond acceptors (Lipinski definition) is 5. The molecule has 2 rings (SSSR count). The average Bonchev–Trinajstić information content (AvgIpc) is 3.12. The normalized spacial score (nSPS) is 13.9. The van der Waals surface area contributed by atoms with E-state index in [1.807, 2.05) is 35.9 Å². The van der Waals surface area contributed by atoms with Crippen LogP contribution in [0.5, 0.6) is 0 Å². The lowest BCUT2D eigenvalue weighted by atomic mass is 9.99. The number of rotatable bonds is 14. The van der Waals surface area contributed by atoms with Gasteiger partial charge in [0, 0.05) is 22.7 Å². The van der Waals surface area contributed by atoms with E-state index in [1.165, 1.54) is 0 Å². The van der Waals surface area contributed by atoms with Gasteiger partial charge in [-0.1, -0.05) is 45.2 Å². The van der Waals surface area contributed by atoms with E-state index in [9.17, 15) is 9.59 Å². The topological polar surface area (TPSA) is 94.5 Å². The summed E-state index contributed by atoms with van der Waals surface area (Å²) in [6.45, 7) is 15.0. The van der Waals surface area contributed by atoms with Crippen LogP contribution in [0, 0.1) is 19.8 Å². The zero-order valence-corrected chi connectivity index (χ0v) is 27.2. The molecular formula is C31H52N4O4S. The lowest BCUT2D eigenvalue weighted by molar-refractivity contribution is -0.118. The van der Waals surface area contributed by atoms with E-state index in [0.29, 0.717) is 24.8 Å². The van der Waals surface area contributed by atoms with Gasteiger partial charge in [-0.25, -0.2) is 19.5 Å². The summed E-state index contributed by atoms with van der Waals surface area (Å²) in [5.74, 6) is 1.39. The van der Waals surface area contributed by atoms with E-state index in [4.69, 9.17) is 14.6 Å². The molecular weight excluding hydrogens is 524 g/mol. The van der Waals surface area contributed by atoms with Crippen molar-refractivity contribution in [2.45, 2.75) is 92.5 Å². The molecule has 0 saturated heterocycles. The first kappa shape index (κ1) is 33.7. The molecule has 40 heavy (non-hydrogen) atoms. The Morgan fingerprint density at radius 2 is 1.73 bits per heavy atom. The van der Waals surface area contributed by atoms with E-state index in [1.54, 1.807) is 20.8 Å². The summed E-state index contributed by atoms with van der Waals surface area (Å²) in [5, 5.41) is 10.4. The summed E-state index contributed by atoms with van der Waals surface area (Å²) < 4.78 is 13.2. The molecule has 0 aliphatic carbocycles. The second kappa shape index (κ2) is 14.9. The third-order valence-electron chi connectivity index (χ3n) is 6.77. The average molecular weight is 577 g/mol. The maximum absolute atomic E-state index is 13.2. The summed E-state index contributed by atoms with van der Waals surface area (Å²) in [6.07, 6.45) is 9.75. The number of amides is 2. The minimum Gasteiger partial charge on any atom is -0.444 e. The summed E-state index contributed by atoms with van der Waals surface area (Å²) in [7, 11) is -0.588.